The SMILES string of the molecule is C=CCC(=O)O.O=[PH](O)O. The molecule has 0 atom stereocenters. The predicted molar refractivity (Wildman–Crippen MR) is 35.9 cm³/mol. The first-order chi connectivity index (χ1) is 4.50. The Morgan fingerprint density at radius 3 is 1.90 bits per heavy atom. The number of carboxylic acid groups (broad SMARTS) is 1. The summed E-state index contributed by atoms with van der Waals surface area (Å²) in [4.78, 5) is 23.8. The van der Waals surface area contributed by atoms with Gasteiger partial charge in [-0.2, -0.15) is 0 Å². The molecule has 0 aromatic heterocycles. The number of carbonyl (C=O) groups is 1. The van der Waals surface area contributed by atoms with Crippen molar-refractivity contribution in [3.8, 4) is 0 Å². The van der Waals surface area contributed by atoms with Crippen molar-refractivity contribution < 1.29 is 24.3 Å². The average molecular weight is 168 g/mol. The van der Waals surface area contributed by atoms with Crippen LogP contribution in [-0.2, 0) is 9.36 Å². The molecule has 10 heavy (non-hydrogen) atoms. The van der Waals surface area contributed by atoms with E-state index >= 15 is 0 Å². The lowest BCUT2D eigenvalue weighted by atomic mass is 10.4. The van der Waals surface area contributed by atoms with E-state index in [1.807, 2.05) is 0 Å². The Balaban J connectivity index is 0. The van der Waals surface area contributed by atoms with Gasteiger partial charge < -0.3 is 14.9 Å². The zero-order chi connectivity index (χ0) is 8.57. The van der Waals surface area contributed by atoms with E-state index in [1.54, 1.807) is 0 Å². The molecule has 0 radical (unpaired) electrons. The zero-order valence-electron chi connectivity index (χ0n) is 5.15. The van der Waals surface area contributed by atoms with Crippen molar-refractivity contribution in [1.82, 2.24) is 0 Å². The van der Waals surface area contributed by atoms with E-state index in [2.05, 4.69) is 6.58 Å². The molecule has 0 heterocycles. The van der Waals surface area contributed by atoms with Crippen LogP contribution in [0.5, 0.6) is 0 Å². The number of aliphatic carboxylic acids is 1. The number of hydrogen-bond acceptors (Lipinski definition) is 2. The first kappa shape index (κ1) is 12.1. The minimum absolute atomic E-state index is 0.0556. The molecule has 0 rings (SSSR count). The van der Waals surface area contributed by atoms with Gasteiger partial charge in [-0.05, 0) is 0 Å². The lowest BCUT2D eigenvalue weighted by Crippen LogP contribution is -1.88. The molecule has 0 aliphatic carbocycles. The van der Waals surface area contributed by atoms with Gasteiger partial charge in [-0.15, -0.1) is 6.58 Å². The van der Waals surface area contributed by atoms with Gasteiger partial charge in [-0.3, -0.25) is 9.36 Å². The Kier molecular flexibility index (Phi) is 10.1. The predicted octanol–water partition coefficient (Wildman–Crippen LogP) is 0.00780. The maximum Gasteiger partial charge on any atom is 0.314 e. The van der Waals surface area contributed by atoms with Gasteiger partial charge in [0.25, 0.3) is 0 Å². The van der Waals surface area contributed by atoms with Crippen molar-refractivity contribution in [2.75, 3.05) is 0 Å². The topological polar surface area (TPSA) is 94.8 Å². The first-order valence-corrected chi connectivity index (χ1v) is 3.55. The molecule has 0 aliphatic heterocycles. The number of hydrogen-bond donors (Lipinski definition) is 3. The van der Waals surface area contributed by atoms with Gasteiger partial charge in [0.2, 0.25) is 0 Å². The summed E-state index contributed by atoms with van der Waals surface area (Å²) in [5.41, 5.74) is 0. The maximum absolute atomic E-state index is 9.53. The van der Waals surface area contributed by atoms with E-state index in [0.29, 0.717) is 0 Å². The smallest absolute Gasteiger partial charge is 0.314 e. The number of carboxylic acids is 1. The second-order valence-electron chi connectivity index (χ2n) is 1.17. The molecule has 5 nitrogen and oxygen atoms in total. The van der Waals surface area contributed by atoms with E-state index in [1.165, 1.54) is 6.08 Å². The molecular weight excluding hydrogens is 159 g/mol. The van der Waals surface area contributed by atoms with Crippen molar-refractivity contribution in [1.29, 1.82) is 0 Å². The molecule has 0 aliphatic rings. The molecule has 0 unspecified atom stereocenters. The van der Waals surface area contributed by atoms with Crippen molar-refractivity contribution in [3.05, 3.63) is 12.7 Å². The van der Waals surface area contributed by atoms with Gasteiger partial charge >= 0.3 is 14.2 Å². The fraction of sp³-hybridized carbons (Fsp3) is 0.250. The molecule has 0 bridgehead atoms. The fourth-order valence-electron chi connectivity index (χ4n) is 0.123. The van der Waals surface area contributed by atoms with Crippen LogP contribution in [0.3, 0.4) is 0 Å². The maximum atomic E-state index is 9.53. The van der Waals surface area contributed by atoms with Crippen molar-refractivity contribution >= 4 is 14.2 Å². The van der Waals surface area contributed by atoms with Crippen LogP contribution in [-0.4, -0.2) is 20.9 Å². The highest BCUT2D eigenvalue weighted by atomic mass is 31.1. The van der Waals surface area contributed by atoms with Crippen LogP contribution in [0.2, 0.25) is 0 Å². The molecule has 0 fully saturated rings. The molecule has 0 saturated carbocycles. The summed E-state index contributed by atoms with van der Waals surface area (Å²) in [7, 11) is -3.13. The Labute approximate surface area is 58.6 Å². The standard InChI is InChI=1S/C4H6O2.H3O3P/c1-2-3-4(5)6;1-4(2)3/h2H,1,3H2,(H,5,6);4H,(H2,1,2,3). The largest absolute Gasteiger partial charge is 0.481 e. The molecule has 3 N–H and O–H groups in total. The summed E-state index contributed by atoms with van der Waals surface area (Å²) in [6, 6.07) is 0. The highest BCUT2D eigenvalue weighted by Gasteiger charge is 1.84. The third-order valence-corrected chi connectivity index (χ3v) is 0.319. The Hall–Kier alpha value is -0.640. The van der Waals surface area contributed by atoms with Crippen molar-refractivity contribution in [2.45, 2.75) is 6.42 Å². The third kappa shape index (κ3) is 53.5. The monoisotopic (exact) mass is 168 g/mol. The zero-order valence-corrected chi connectivity index (χ0v) is 6.15. The van der Waals surface area contributed by atoms with Gasteiger partial charge in [-0.25, -0.2) is 0 Å². The summed E-state index contributed by atoms with van der Waals surface area (Å²) in [6.07, 6.45) is 1.41. The lowest BCUT2D eigenvalue weighted by Gasteiger charge is -1.75. The van der Waals surface area contributed by atoms with E-state index in [4.69, 9.17) is 19.5 Å². The summed E-state index contributed by atoms with van der Waals surface area (Å²) in [6.45, 7) is 3.22. The average Bonchev–Trinajstić information content (AvgIpc) is 1.62. The highest BCUT2D eigenvalue weighted by molar-refractivity contribution is 7.30. The van der Waals surface area contributed by atoms with Gasteiger partial charge in [0, 0.05) is 0 Å². The van der Waals surface area contributed by atoms with E-state index in [-0.39, 0.29) is 6.42 Å². The second-order valence-corrected chi connectivity index (χ2v) is 1.73. The van der Waals surface area contributed by atoms with Gasteiger partial charge in [0.15, 0.2) is 0 Å². The van der Waals surface area contributed by atoms with Crippen LogP contribution in [0.25, 0.3) is 0 Å². The van der Waals surface area contributed by atoms with Gasteiger partial charge in [0.05, 0.1) is 6.42 Å². The van der Waals surface area contributed by atoms with E-state index in [0.717, 1.165) is 0 Å². The molecule has 60 valence electrons. The van der Waals surface area contributed by atoms with Crippen LogP contribution < -0.4 is 0 Å². The Morgan fingerprint density at radius 1 is 1.60 bits per heavy atom. The fourth-order valence-corrected chi connectivity index (χ4v) is 0.123. The molecule has 0 saturated heterocycles. The Morgan fingerprint density at radius 2 is 1.90 bits per heavy atom. The van der Waals surface area contributed by atoms with Crippen LogP contribution in [0.4, 0.5) is 0 Å². The van der Waals surface area contributed by atoms with Crippen molar-refractivity contribution in [3.63, 3.8) is 0 Å². The lowest BCUT2D eigenvalue weighted by molar-refractivity contribution is -0.135. The summed E-state index contributed by atoms with van der Waals surface area (Å²) in [5.74, 6) is -0.829. The minimum Gasteiger partial charge on any atom is -0.481 e. The first-order valence-electron chi connectivity index (χ1n) is 2.25. The summed E-state index contributed by atoms with van der Waals surface area (Å²) in [5, 5.41) is 7.84. The molecule has 0 spiro atoms. The van der Waals surface area contributed by atoms with E-state index in [9.17, 15) is 4.79 Å². The Bertz CT molecular complexity index is 128. The normalized spacial score (nSPS) is 7.90. The van der Waals surface area contributed by atoms with Crippen LogP contribution in [0, 0.1) is 0 Å². The summed E-state index contributed by atoms with van der Waals surface area (Å²) < 4.78 is 8.74. The van der Waals surface area contributed by atoms with Gasteiger partial charge in [-0.1, -0.05) is 6.08 Å². The molecular formula is C4H9O5P. The van der Waals surface area contributed by atoms with E-state index < -0.39 is 14.2 Å². The molecule has 0 aromatic carbocycles. The van der Waals surface area contributed by atoms with Crippen molar-refractivity contribution in [2.24, 2.45) is 0 Å². The van der Waals surface area contributed by atoms with Crippen LogP contribution >= 0.6 is 8.25 Å². The summed E-state index contributed by atoms with van der Waals surface area (Å²) >= 11 is 0. The molecule has 6 heteroatoms. The minimum atomic E-state index is -3.13. The third-order valence-electron chi connectivity index (χ3n) is 0.319. The quantitative estimate of drug-likeness (QED) is 0.398. The second kappa shape index (κ2) is 8.36. The van der Waals surface area contributed by atoms with Gasteiger partial charge in [0.1, 0.15) is 0 Å². The van der Waals surface area contributed by atoms with Crippen LogP contribution in [0.15, 0.2) is 12.7 Å². The molecule has 0 aromatic rings. The highest BCUT2D eigenvalue weighted by Crippen LogP contribution is 1.98. The molecule has 0 amide bonds. The number of rotatable bonds is 2. The van der Waals surface area contributed by atoms with Crippen LogP contribution in [0.1, 0.15) is 6.42 Å².